The van der Waals surface area contributed by atoms with Gasteiger partial charge in [-0.1, -0.05) is 43.1 Å². The number of nitrogens with zero attached hydrogens (tertiary/aromatic N) is 1. The summed E-state index contributed by atoms with van der Waals surface area (Å²) in [6.45, 7) is 3.81. The zero-order chi connectivity index (χ0) is 19.1. The van der Waals surface area contributed by atoms with E-state index in [2.05, 4.69) is 17.2 Å². The van der Waals surface area contributed by atoms with E-state index < -0.39 is 5.41 Å². The number of benzene rings is 1. The summed E-state index contributed by atoms with van der Waals surface area (Å²) in [5.74, 6) is 0.480. The molecule has 0 bridgehead atoms. The van der Waals surface area contributed by atoms with Gasteiger partial charge in [-0.25, -0.2) is 4.98 Å². The zero-order valence-corrected chi connectivity index (χ0v) is 16.3. The fourth-order valence-electron chi connectivity index (χ4n) is 3.30. The van der Waals surface area contributed by atoms with Crippen LogP contribution in [0.25, 0.3) is 0 Å². The number of pyridine rings is 1. The number of nitrogens with one attached hydrogen (secondary N) is 1. The highest BCUT2D eigenvalue weighted by Crippen LogP contribution is 2.39. The summed E-state index contributed by atoms with van der Waals surface area (Å²) >= 11 is 6.43. The van der Waals surface area contributed by atoms with Gasteiger partial charge in [0.15, 0.2) is 0 Å². The molecule has 1 amide bonds. The molecule has 1 N–H and O–H groups in total. The molecular weight excluding hydrogens is 364 g/mol. The van der Waals surface area contributed by atoms with Crippen LogP contribution in [0, 0.1) is 0 Å². The van der Waals surface area contributed by atoms with Crippen molar-refractivity contribution in [3.05, 3.63) is 53.2 Å². The van der Waals surface area contributed by atoms with Crippen molar-refractivity contribution in [3.63, 3.8) is 0 Å². The van der Waals surface area contributed by atoms with Gasteiger partial charge >= 0.3 is 0 Å². The van der Waals surface area contributed by atoms with Crippen LogP contribution in [-0.4, -0.2) is 30.7 Å². The predicted octanol–water partition coefficient (Wildman–Crippen LogP) is 4.60. The van der Waals surface area contributed by atoms with Crippen LogP contribution >= 0.6 is 11.6 Å². The molecule has 0 aliphatic carbocycles. The fraction of sp³-hybridized carbons (Fsp3) is 0.429. The van der Waals surface area contributed by atoms with Gasteiger partial charge in [0.05, 0.1) is 23.9 Å². The fourth-order valence-corrected chi connectivity index (χ4v) is 3.62. The number of ether oxygens (including phenoxy) is 2. The normalized spacial score (nSPS) is 15.9. The topological polar surface area (TPSA) is 60.5 Å². The maximum Gasteiger partial charge on any atom is 0.235 e. The summed E-state index contributed by atoms with van der Waals surface area (Å²) in [6, 6.07) is 11.1. The van der Waals surface area contributed by atoms with Gasteiger partial charge in [0.1, 0.15) is 0 Å². The second kappa shape index (κ2) is 9.20. The molecule has 1 aliphatic rings. The average molecular weight is 389 g/mol. The van der Waals surface area contributed by atoms with Gasteiger partial charge in [0.25, 0.3) is 0 Å². The Morgan fingerprint density at radius 3 is 2.70 bits per heavy atom. The number of amides is 1. The molecule has 6 heteroatoms. The molecule has 0 spiro atoms. The highest BCUT2D eigenvalue weighted by atomic mass is 35.5. The van der Waals surface area contributed by atoms with Crippen LogP contribution < -0.4 is 10.1 Å². The van der Waals surface area contributed by atoms with Gasteiger partial charge in [-0.2, -0.15) is 0 Å². The van der Waals surface area contributed by atoms with Crippen LogP contribution in [0.2, 0.25) is 5.02 Å². The Balaban J connectivity index is 1.76. The molecule has 0 atom stereocenters. The van der Waals surface area contributed by atoms with Crippen molar-refractivity contribution >= 4 is 23.2 Å². The van der Waals surface area contributed by atoms with Gasteiger partial charge in [-0.3, -0.25) is 4.79 Å². The molecule has 1 aliphatic heterocycles. The molecule has 5 nitrogen and oxygen atoms in total. The Bertz CT molecular complexity index is 758. The molecule has 1 aromatic heterocycles. The molecule has 27 heavy (non-hydrogen) atoms. The van der Waals surface area contributed by atoms with E-state index in [-0.39, 0.29) is 5.91 Å². The number of anilines is 1. The lowest BCUT2D eigenvalue weighted by Crippen LogP contribution is -2.45. The number of aromatic nitrogens is 1. The number of carbonyl (C=O) groups excluding carboxylic acids is 1. The molecule has 0 saturated carbocycles. The Hall–Kier alpha value is -2.11. The van der Waals surface area contributed by atoms with E-state index >= 15 is 0 Å². The number of unbranched alkanes of at least 4 members (excludes halogenated alkanes) is 1. The minimum absolute atomic E-state index is 0.0830. The first-order valence-electron chi connectivity index (χ1n) is 9.39. The first-order chi connectivity index (χ1) is 13.2. The van der Waals surface area contributed by atoms with E-state index in [1.54, 1.807) is 12.3 Å². The molecule has 2 aromatic rings. The first kappa shape index (κ1) is 19.6. The molecule has 0 radical (unpaired) electrons. The van der Waals surface area contributed by atoms with Crippen molar-refractivity contribution in [3.8, 4) is 5.88 Å². The number of hydrogen-bond acceptors (Lipinski definition) is 4. The third kappa shape index (κ3) is 4.60. The zero-order valence-electron chi connectivity index (χ0n) is 15.5. The summed E-state index contributed by atoms with van der Waals surface area (Å²) in [5, 5.41) is 3.61. The summed E-state index contributed by atoms with van der Waals surface area (Å²) in [4.78, 5) is 17.5. The average Bonchev–Trinajstić information content (AvgIpc) is 2.70. The standard InChI is InChI=1S/C21H25ClN2O3/c1-2-3-12-27-19-9-8-16(15-23-19)24-20(25)21(10-13-26-14-11-21)17-6-4-5-7-18(17)22/h4-9,15H,2-3,10-14H2,1H3,(H,24,25). The van der Waals surface area contributed by atoms with Crippen molar-refractivity contribution in [2.75, 3.05) is 25.1 Å². The second-order valence-electron chi connectivity index (χ2n) is 6.72. The van der Waals surface area contributed by atoms with E-state index in [0.29, 0.717) is 49.3 Å². The maximum absolute atomic E-state index is 13.3. The summed E-state index contributed by atoms with van der Waals surface area (Å²) in [7, 11) is 0. The van der Waals surface area contributed by atoms with E-state index in [9.17, 15) is 4.79 Å². The predicted molar refractivity (Wildman–Crippen MR) is 106 cm³/mol. The number of rotatable bonds is 7. The van der Waals surface area contributed by atoms with Crippen LogP contribution in [0.15, 0.2) is 42.6 Å². The monoisotopic (exact) mass is 388 g/mol. The molecule has 1 aromatic carbocycles. The first-order valence-corrected chi connectivity index (χ1v) is 9.76. The van der Waals surface area contributed by atoms with Gasteiger partial charge in [0.2, 0.25) is 11.8 Å². The van der Waals surface area contributed by atoms with Gasteiger partial charge in [0, 0.05) is 24.3 Å². The molecular formula is C21H25ClN2O3. The summed E-state index contributed by atoms with van der Waals surface area (Å²) in [5.41, 5.74) is 0.785. The van der Waals surface area contributed by atoms with Crippen molar-refractivity contribution in [2.24, 2.45) is 0 Å². The largest absolute Gasteiger partial charge is 0.478 e. The maximum atomic E-state index is 13.3. The van der Waals surface area contributed by atoms with Crippen LogP contribution in [0.4, 0.5) is 5.69 Å². The second-order valence-corrected chi connectivity index (χ2v) is 7.12. The molecule has 1 fully saturated rings. The Morgan fingerprint density at radius 2 is 2.04 bits per heavy atom. The lowest BCUT2D eigenvalue weighted by Gasteiger charge is -2.36. The smallest absolute Gasteiger partial charge is 0.235 e. The van der Waals surface area contributed by atoms with Gasteiger partial charge in [-0.05, 0) is 37.0 Å². The van der Waals surface area contributed by atoms with Crippen LogP contribution in [0.1, 0.15) is 38.2 Å². The minimum Gasteiger partial charge on any atom is -0.478 e. The van der Waals surface area contributed by atoms with Crippen molar-refractivity contribution in [2.45, 2.75) is 38.0 Å². The number of halogens is 1. The van der Waals surface area contributed by atoms with Crippen LogP contribution in [0.5, 0.6) is 5.88 Å². The molecule has 2 heterocycles. The molecule has 144 valence electrons. The van der Waals surface area contributed by atoms with Crippen LogP contribution in [-0.2, 0) is 14.9 Å². The van der Waals surface area contributed by atoms with Gasteiger partial charge in [-0.15, -0.1) is 0 Å². The summed E-state index contributed by atoms with van der Waals surface area (Å²) in [6.07, 6.45) is 4.87. The van der Waals surface area contributed by atoms with Crippen molar-refractivity contribution < 1.29 is 14.3 Å². The van der Waals surface area contributed by atoms with E-state index in [1.165, 1.54) is 0 Å². The van der Waals surface area contributed by atoms with Gasteiger partial charge < -0.3 is 14.8 Å². The lowest BCUT2D eigenvalue weighted by atomic mass is 9.73. The van der Waals surface area contributed by atoms with E-state index in [4.69, 9.17) is 21.1 Å². The van der Waals surface area contributed by atoms with Crippen molar-refractivity contribution in [1.29, 1.82) is 0 Å². The molecule has 0 unspecified atom stereocenters. The Morgan fingerprint density at radius 1 is 1.26 bits per heavy atom. The SMILES string of the molecule is CCCCOc1ccc(NC(=O)C2(c3ccccc3Cl)CCOCC2)cn1. The highest BCUT2D eigenvalue weighted by molar-refractivity contribution is 6.31. The Kier molecular flexibility index (Phi) is 6.69. The highest BCUT2D eigenvalue weighted by Gasteiger charge is 2.43. The van der Waals surface area contributed by atoms with E-state index in [1.807, 2.05) is 30.3 Å². The molecule has 3 rings (SSSR count). The third-order valence-electron chi connectivity index (χ3n) is 4.91. The lowest BCUT2D eigenvalue weighted by molar-refractivity contribution is -0.125. The Labute approximate surface area is 165 Å². The van der Waals surface area contributed by atoms with Crippen molar-refractivity contribution in [1.82, 2.24) is 4.98 Å². The quantitative estimate of drug-likeness (QED) is 0.704. The third-order valence-corrected chi connectivity index (χ3v) is 5.24. The summed E-state index contributed by atoms with van der Waals surface area (Å²) < 4.78 is 11.1. The van der Waals surface area contributed by atoms with E-state index in [0.717, 1.165) is 18.4 Å². The molecule has 1 saturated heterocycles. The van der Waals surface area contributed by atoms with Crippen LogP contribution in [0.3, 0.4) is 0 Å². The number of carbonyl (C=O) groups is 1. The minimum atomic E-state index is -0.701. The number of hydrogen-bond donors (Lipinski definition) is 1.